The third kappa shape index (κ3) is 6.35. The van der Waals surface area contributed by atoms with Gasteiger partial charge in [0.25, 0.3) is 0 Å². The molecule has 0 N–H and O–H groups in total. The number of hydrogen-bond acceptors (Lipinski definition) is 2. The topological polar surface area (TPSA) is 26.3 Å². The Balaban J connectivity index is 1.34. The Bertz CT molecular complexity index is 782. The Hall–Kier alpha value is -0.790. The van der Waals surface area contributed by atoms with E-state index in [1.807, 2.05) is 0 Å². The van der Waals surface area contributed by atoms with Crippen molar-refractivity contribution < 1.29 is 9.53 Å². The number of hydrogen-bond donors (Lipinski definition) is 0. The van der Waals surface area contributed by atoms with E-state index in [1.165, 1.54) is 77.0 Å². The maximum absolute atomic E-state index is 12.5. The number of rotatable bonds is 12. The van der Waals surface area contributed by atoms with E-state index in [1.54, 1.807) is 5.57 Å². The SMILES string of the molecule is CCCCCCC[13C](=O)O[C@H]1CC[C@@]2(C)C(=CC[C@H]3[C@@H]4CC[C@H]([C@H](C)CCCC(C)C)[C@@]4(C)CC[C@@H]32)[13CH2]1. The summed E-state index contributed by atoms with van der Waals surface area (Å²) in [5.41, 5.74) is 2.54. The van der Waals surface area contributed by atoms with Crippen molar-refractivity contribution >= 4 is 5.97 Å². The van der Waals surface area contributed by atoms with Crippen LogP contribution >= 0.6 is 0 Å². The highest BCUT2D eigenvalue weighted by Crippen LogP contribution is 2.67. The van der Waals surface area contributed by atoms with E-state index in [2.05, 4.69) is 47.6 Å². The minimum absolute atomic E-state index is 0.0485. The molecule has 0 amide bonds. The summed E-state index contributed by atoms with van der Waals surface area (Å²) in [5, 5.41) is 0. The van der Waals surface area contributed by atoms with Crippen molar-refractivity contribution in [2.45, 2.75) is 157 Å². The molecule has 0 aromatic heterocycles. The summed E-state index contributed by atoms with van der Waals surface area (Å²) in [7, 11) is 0. The molecular formula is C35H60O2. The Morgan fingerprint density at radius 1 is 0.946 bits per heavy atom. The summed E-state index contributed by atoms with van der Waals surface area (Å²) >= 11 is 0. The predicted octanol–water partition coefficient (Wildman–Crippen LogP) is 10.3. The van der Waals surface area contributed by atoms with Gasteiger partial charge in [-0.3, -0.25) is 4.79 Å². The van der Waals surface area contributed by atoms with Crippen LogP contribution in [0, 0.1) is 46.3 Å². The van der Waals surface area contributed by atoms with E-state index >= 15 is 0 Å². The summed E-state index contributed by atoms with van der Waals surface area (Å²) in [6, 6.07) is 0. The van der Waals surface area contributed by atoms with Crippen molar-refractivity contribution in [3.8, 4) is 0 Å². The van der Waals surface area contributed by atoms with Gasteiger partial charge in [-0.1, -0.05) is 98.1 Å². The molecule has 2 nitrogen and oxygen atoms in total. The zero-order chi connectivity index (χ0) is 26.6. The quantitative estimate of drug-likeness (QED) is 0.112. The highest BCUT2D eigenvalue weighted by Gasteiger charge is 2.59. The third-order valence-electron chi connectivity index (χ3n) is 12.0. The number of unbranched alkanes of at least 4 members (excludes halogenated alkanes) is 4. The molecule has 8 atom stereocenters. The van der Waals surface area contributed by atoms with Crippen LogP contribution in [-0.2, 0) is 9.53 Å². The predicted molar refractivity (Wildman–Crippen MR) is 156 cm³/mol. The molecule has 0 aromatic rings. The second-order valence-electron chi connectivity index (χ2n) is 14.8. The normalized spacial score (nSPS) is 37.9. The van der Waals surface area contributed by atoms with Gasteiger partial charge in [-0.2, -0.15) is 0 Å². The van der Waals surface area contributed by atoms with Gasteiger partial charge in [-0.25, -0.2) is 0 Å². The van der Waals surface area contributed by atoms with Crippen LogP contribution in [0.1, 0.15) is 151 Å². The summed E-state index contributed by atoms with van der Waals surface area (Å²) in [5.74, 6) is 5.34. The summed E-state index contributed by atoms with van der Waals surface area (Å²) in [4.78, 5) is 12.5. The highest BCUT2D eigenvalue weighted by molar-refractivity contribution is 5.69. The van der Waals surface area contributed by atoms with E-state index in [0.29, 0.717) is 17.3 Å². The molecule has 0 heterocycles. The third-order valence-corrected chi connectivity index (χ3v) is 12.0. The van der Waals surface area contributed by atoms with E-state index in [9.17, 15) is 4.79 Å². The van der Waals surface area contributed by atoms with Crippen molar-refractivity contribution in [1.29, 1.82) is 0 Å². The lowest BCUT2D eigenvalue weighted by Crippen LogP contribution is -2.51. The van der Waals surface area contributed by atoms with E-state index in [0.717, 1.165) is 61.2 Å². The van der Waals surface area contributed by atoms with Crippen LogP contribution in [0.2, 0.25) is 0 Å². The second kappa shape index (κ2) is 12.6. The maximum Gasteiger partial charge on any atom is 0.306 e. The molecule has 0 aromatic carbocycles. The molecule has 4 aliphatic rings. The first-order chi connectivity index (χ1) is 17.7. The van der Waals surface area contributed by atoms with Gasteiger partial charge in [0.15, 0.2) is 0 Å². The second-order valence-corrected chi connectivity index (χ2v) is 14.8. The summed E-state index contributed by atoms with van der Waals surface area (Å²) < 4.78 is 6.02. The van der Waals surface area contributed by atoms with Gasteiger partial charge < -0.3 is 4.74 Å². The highest BCUT2D eigenvalue weighted by atomic mass is 16.6. The van der Waals surface area contributed by atoms with Crippen LogP contribution in [0.4, 0.5) is 0 Å². The summed E-state index contributed by atoms with van der Waals surface area (Å²) in [6.45, 7) is 14.9. The molecule has 2 heteroatoms. The summed E-state index contributed by atoms with van der Waals surface area (Å²) in [6.07, 6.45) is 23.9. The smallest absolute Gasteiger partial charge is 0.306 e. The van der Waals surface area contributed by atoms with E-state index in [-0.39, 0.29) is 12.1 Å². The average Bonchev–Trinajstić information content (AvgIpc) is 3.21. The molecule has 0 aliphatic heterocycles. The van der Waals surface area contributed by atoms with Crippen LogP contribution in [-0.4, -0.2) is 12.1 Å². The Labute approximate surface area is 230 Å². The monoisotopic (exact) mass is 514 g/mol. The van der Waals surface area contributed by atoms with Crippen LogP contribution in [0.15, 0.2) is 11.6 Å². The molecule has 0 spiro atoms. The molecule has 0 bridgehead atoms. The minimum atomic E-state index is 0.0485. The van der Waals surface area contributed by atoms with Crippen molar-refractivity contribution in [3.05, 3.63) is 11.6 Å². The van der Waals surface area contributed by atoms with Gasteiger partial charge in [0.2, 0.25) is 0 Å². The number of ether oxygens (including phenoxy) is 1. The molecule has 3 saturated carbocycles. The lowest BCUT2D eigenvalue weighted by molar-refractivity contribution is -0.151. The van der Waals surface area contributed by atoms with Gasteiger partial charge in [-0.05, 0) is 97.7 Å². The Morgan fingerprint density at radius 2 is 1.73 bits per heavy atom. The maximum atomic E-state index is 12.5. The van der Waals surface area contributed by atoms with E-state index in [4.69, 9.17) is 4.74 Å². The lowest BCUT2D eigenvalue weighted by atomic mass is 9.48. The molecule has 212 valence electrons. The molecular weight excluding hydrogens is 454 g/mol. The van der Waals surface area contributed by atoms with Crippen LogP contribution < -0.4 is 0 Å². The van der Waals surface area contributed by atoms with Crippen LogP contribution in [0.3, 0.4) is 0 Å². The fourth-order valence-corrected chi connectivity index (χ4v) is 9.87. The zero-order valence-electron chi connectivity index (χ0n) is 25.5. The fraction of sp³-hybridized carbons (Fsp3) is 0.914. The first-order valence-electron chi connectivity index (χ1n) is 16.6. The first-order valence-corrected chi connectivity index (χ1v) is 16.6. The van der Waals surface area contributed by atoms with Gasteiger partial charge in [-0.15, -0.1) is 0 Å². The molecule has 0 unspecified atom stereocenters. The molecule has 0 radical (unpaired) electrons. The minimum Gasteiger partial charge on any atom is -0.462 e. The van der Waals surface area contributed by atoms with Gasteiger partial charge in [0.05, 0.1) is 0 Å². The molecule has 4 rings (SSSR count). The number of fused-ring (bicyclic) bond motifs is 5. The lowest BCUT2D eigenvalue weighted by Gasteiger charge is -2.58. The number of esters is 1. The standard InChI is InChI=1S/C35H60O2/c1-7-8-9-10-11-15-33(36)37-28-20-22-34(5)27(24-28)16-17-29-31-19-18-30(26(4)14-12-13-25(2)3)35(31,6)23-21-32(29)34/h16,25-26,28-32H,7-15,17-24H2,1-6H3/t26-,28+,29+,30-,31+,32+,34+,35-/m1/s1/i24+1,33+1. The number of carbonyl (C=O) groups is 1. The average molecular weight is 515 g/mol. The molecule has 3 fully saturated rings. The van der Waals surface area contributed by atoms with Gasteiger partial charge in [0, 0.05) is 12.8 Å². The van der Waals surface area contributed by atoms with Crippen molar-refractivity contribution in [3.63, 3.8) is 0 Å². The number of carbonyl (C=O) groups excluding carboxylic acids is 1. The zero-order valence-corrected chi connectivity index (χ0v) is 25.5. The molecule has 4 aliphatic carbocycles. The molecule has 37 heavy (non-hydrogen) atoms. The van der Waals surface area contributed by atoms with Gasteiger partial charge in [0.1, 0.15) is 6.10 Å². The van der Waals surface area contributed by atoms with Crippen molar-refractivity contribution in [1.82, 2.24) is 0 Å². The Kier molecular flexibility index (Phi) is 9.94. The van der Waals surface area contributed by atoms with Crippen LogP contribution in [0.25, 0.3) is 0 Å². The largest absolute Gasteiger partial charge is 0.462 e. The number of allylic oxidation sites excluding steroid dienone is 1. The van der Waals surface area contributed by atoms with Crippen LogP contribution in [0.5, 0.6) is 0 Å². The van der Waals surface area contributed by atoms with Crippen molar-refractivity contribution in [2.24, 2.45) is 46.3 Å². The molecule has 0 saturated heterocycles. The fourth-order valence-electron chi connectivity index (χ4n) is 9.87. The van der Waals surface area contributed by atoms with Gasteiger partial charge >= 0.3 is 5.97 Å². The van der Waals surface area contributed by atoms with Crippen molar-refractivity contribution in [2.75, 3.05) is 0 Å². The first kappa shape index (κ1) is 29.2. The van der Waals surface area contributed by atoms with E-state index < -0.39 is 0 Å². The Morgan fingerprint density at radius 3 is 2.49 bits per heavy atom.